The summed E-state index contributed by atoms with van der Waals surface area (Å²) in [6.45, 7) is 3.25. The van der Waals surface area contributed by atoms with Crippen molar-refractivity contribution < 1.29 is 115 Å². The maximum atomic E-state index is 16.0. The molecule has 37 heteroatoms. The monoisotopic (exact) mass is 1150 g/mol. The van der Waals surface area contributed by atoms with Gasteiger partial charge < -0.3 is 87.2 Å². The van der Waals surface area contributed by atoms with Crippen molar-refractivity contribution in [2.24, 2.45) is 5.73 Å². The van der Waals surface area contributed by atoms with E-state index in [2.05, 4.69) is 40.7 Å². The number of nitrogens with two attached hydrogens (primary N) is 1. The highest BCUT2D eigenvalue weighted by atomic mass is 31.3. The number of carboxylic acids is 2. The number of ether oxygens (including phenoxy) is 3. The number of carbonyl (C=O) groups excluding carboxylic acids is 6. The van der Waals surface area contributed by atoms with Crippen LogP contribution in [0.3, 0.4) is 0 Å². The van der Waals surface area contributed by atoms with Crippen LogP contribution < -0.4 is 48.9 Å². The molecule has 2 aliphatic rings. The molecule has 2 aliphatic heterocycles. The van der Waals surface area contributed by atoms with E-state index in [0.29, 0.717) is 17.4 Å². The number of aromatic nitrogens is 2. The number of phosphoric acid groups is 2. The third-order valence-electron chi connectivity index (χ3n) is 11.3. The van der Waals surface area contributed by atoms with Gasteiger partial charge in [-0.05, 0) is 59.9 Å². The van der Waals surface area contributed by atoms with Gasteiger partial charge in [0.05, 0.1) is 13.2 Å². The van der Waals surface area contributed by atoms with Crippen LogP contribution in [0.15, 0.2) is 21.9 Å². The van der Waals surface area contributed by atoms with Crippen LogP contribution in [-0.2, 0) is 75.1 Å². The number of phosphoric ester groups is 2. The number of unbranched alkanes of at least 4 members (excludes halogenated alkanes) is 1. The van der Waals surface area contributed by atoms with Gasteiger partial charge in [-0.1, -0.05) is 0 Å². The fourth-order valence-corrected chi connectivity index (χ4v) is 9.37. The first-order valence-electron chi connectivity index (χ1n) is 23.3. The molecule has 436 valence electrons. The lowest BCUT2D eigenvalue weighted by Crippen LogP contribution is -2.65. The van der Waals surface area contributed by atoms with Gasteiger partial charge in [0.2, 0.25) is 35.4 Å². The topological polar surface area (TPSA) is 521 Å². The number of halogens is 1. The molecule has 0 saturated carbocycles. The number of alkyl halides is 1. The first-order valence-corrected chi connectivity index (χ1v) is 26.3. The number of aliphatic hydroxyl groups excluding tert-OH is 3. The Kier molecular flexibility index (Phi) is 25.0. The number of nitrogens with zero attached hydrogens (tertiary/aromatic N) is 1. The van der Waals surface area contributed by atoms with E-state index in [0.717, 1.165) is 33.0 Å². The van der Waals surface area contributed by atoms with Crippen molar-refractivity contribution in [3.05, 3.63) is 33.1 Å². The lowest BCUT2D eigenvalue weighted by Gasteiger charge is -2.43. The third kappa shape index (κ3) is 20.0. The molecule has 2 saturated heterocycles. The molecular weight excluding hydrogens is 1090 g/mol. The number of aromatic amines is 1. The summed E-state index contributed by atoms with van der Waals surface area (Å²) in [6.07, 6.45) is -17.6. The minimum Gasteiger partial charge on any atom is -0.480 e. The average Bonchev–Trinajstić information content (AvgIpc) is 3.61. The van der Waals surface area contributed by atoms with Crippen LogP contribution in [0, 0.1) is 0 Å². The first-order chi connectivity index (χ1) is 35.8. The zero-order valence-corrected chi connectivity index (χ0v) is 43.5. The second kappa shape index (κ2) is 29.4. The molecule has 34 nitrogen and oxygen atoms in total. The zero-order chi connectivity index (χ0) is 58.3. The van der Waals surface area contributed by atoms with Gasteiger partial charge in [0.25, 0.3) is 5.56 Å². The number of hydrogen-bond donors (Lipinski definition) is 15. The molecule has 0 radical (unpaired) electrons. The number of carbonyl (C=O) groups is 8. The molecule has 0 spiro atoms. The number of carboxylic acid groups (broad SMARTS) is 2. The minimum atomic E-state index is -5.99. The summed E-state index contributed by atoms with van der Waals surface area (Å²) in [7, 11) is -11.8. The fourth-order valence-electron chi connectivity index (χ4n) is 7.20. The molecule has 16 N–H and O–H groups in total. The molecule has 1 aromatic rings. The van der Waals surface area contributed by atoms with Crippen molar-refractivity contribution in [3.63, 3.8) is 0 Å². The summed E-state index contributed by atoms with van der Waals surface area (Å²) in [5.41, 5.74) is 3.64. The highest BCUT2D eigenvalue weighted by Gasteiger charge is 2.53. The Labute approximate surface area is 435 Å². The third-order valence-corrected chi connectivity index (χ3v) is 13.9. The number of H-pyrrole nitrogens is 1. The van der Waals surface area contributed by atoms with Gasteiger partial charge in [0, 0.05) is 25.6 Å². The summed E-state index contributed by atoms with van der Waals surface area (Å²) in [5.74, 6) is -8.84. The van der Waals surface area contributed by atoms with E-state index < -0.39 is 192 Å². The van der Waals surface area contributed by atoms with Crippen molar-refractivity contribution >= 4 is 63.0 Å². The number of hydrogen-bond acceptors (Lipinski definition) is 22. The Morgan fingerprint density at radius 3 is 1.99 bits per heavy atom. The summed E-state index contributed by atoms with van der Waals surface area (Å²) >= 11 is 0. The predicted molar refractivity (Wildman–Crippen MR) is 252 cm³/mol. The fraction of sp³-hybridized carbons (Fsp3) is 0.700. The molecule has 77 heavy (non-hydrogen) atoms. The molecule has 3 heterocycles. The zero-order valence-electron chi connectivity index (χ0n) is 41.7. The number of amides is 6. The normalized spacial score (nSPS) is 26.2. The predicted octanol–water partition coefficient (Wildman–Crippen LogP) is -5.70. The Balaban J connectivity index is 1.65. The van der Waals surface area contributed by atoms with Crippen LogP contribution in [-0.4, -0.2) is 197 Å². The largest absolute Gasteiger partial charge is 0.483 e. The van der Waals surface area contributed by atoms with Crippen LogP contribution in [0.4, 0.5) is 4.39 Å². The van der Waals surface area contributed by atoms with Crippen LogP contribution in [0.2, 0.25) is 0 Å². The summed E-state index contributed by atoms with van der Waals surface area (Å²) in [4.78, 5) is 147. The van der Waals surface area contributed by atoms with E-state index in [4.69, 9.17) is 29.6 Å². The molecule has 0 aromatic carbocycles. The van der Waals surface area contributed by atoms with Crippen molar-refractivity contribution in [1.82, 2.24) is 41.5 Å². The molecule has 17 atom stereocenters. The molecule has 1 aromatic heterocycles. The Bertz CT molecular complexity index is 2490. The Hall–Kier alpha value is -5.65. The van der Waals surface area contributed by atoms with E-state index in [9.17, 15) is 87.3 Å². The van der Waals surface area contributed by atoms with E-state index >= 15 is 4.39 Å². The lowest BCUT2D eigenvalue weighted by atomic mass is 9.97. The van der Waals surface area contributed by atoms with E-state index in [1.807, 2.05) is 4.98 Å². The Morgan fingerprint density at radius 1 is 0.805 bits per heavy atom. The van der Waals surface area contributed by atoms with Gasteiger partial charge in [-0.3, -0.25) is 57.0 Å². The van der Waals surface area contributed by atoms with Crippen molar-refractivity contribution in [1.29, 1.82) is 0 Å². The average molecular weight is 1150 g/mol. The second-order valence-corrected chi connectivity index (χ2v) is 20.5. The SMILES string of the molecule is CC(=O)N[C@H]1[C@@H](OP(=O)(O)OP(=O)(O)OC[C@H]2O[C@@H](n3ccc(=O)[nH]c3=O)[C@H](O)[C@@H]2O)O[C@H](CO)[C@@H](F)[C@@H]1O[C@H](C)C(=O)N[C@@H](C)C(=O)N[C@H](CCC(=O)N[C@@H](CCCCN)C(=O)N[C@H](C)C(=O)N[C@H](C)C(=O)O)C(=O)O. The second-order valence-electron chi connectivity index (χ2n) is 17.5. The van der Waals surface area contributed by atoms with Gasteiger partial charge in [-0.25, -0.2) is 23.1 Å². The van der Waals surface area contributed by atoms with Crippen molar-refractivity contribution in [2.45, 2.75) is 158 Å². The number of nitrogens with one attached hydrogen (secondary N) is 7. The van der Waals surface area contributed by atoms with E-state index in [1.165, 1.54) is 13.8 Å². The summed E-state index contributed by atoms with van der Waals surface area (Å²) in [5, 5.41) is 63.0. The molecule has 2 fully saturated rings. The first kappa shape index (κ1) is 65.6. The molecule has 0 bridgehead atoms. The lowest BCUT2D eigenvalue weighted by molar-refractivity contribution is -0.247. The highest BCUT2D eigenvalue weighted by molar-refractivity contribution is 7.61. The van der Waals surface area contributed by atoms with Crippen molar-refractivity contribution in [2.75, 3.05) is 19.8 Å². The number of rotatable bonds is 30. The summed E-state index contributed by atoms with van der Waals surface area (Å²) < 4.78 is 72.6. The van der Waals surface area contributed by atoms with Gasteiger partial charge in [-0.2, -0.15) is 4.31 Å². The molecule has 2 unspecified atom stereocenters. The van der Waals surface area contributed by atoms with Gasteiger partial charge in [-0.15, -0.1) is 0 Å². The van der Waals surface area contributed by atoms with Crippen molar-refractivity contribution in [3.8, 4) is 0 Å². The Morgan fingerprint density at radius 2 is 1.42 bits per heavy atom. The minimum absolute atomic E-state index is 0.0270. The van der Waals surface area contributed by atoms with Gasteiger partial charge in [0.1, 0.15) is 72.9 Å². The highest BCUT2D eigenvalue weighted by Crippen LogP contribution is 2.61. The number of aliphatic hydroxyl groups is 3. The van der Waals surface area contributed by atoms with E-state index in [1.54, 1.807) is 0 Å². The molecule has 6 amide bonds. The maximum absolute atomic E-state index is 16.0. The van der Waals surface area contributed by atoms with E-state index in [-0.39, 0.29) is 13.0 Å². The van der Waals surface area contributed by atoms with Gasteiger partial charge in [0.15, 0.2) is 18.7 Å². The quantitative estimate of drug-likeness (QED) is 0.0252. The molecule has 0 aliphatic carbocycles. The standard InChI is InChI=1S/C40H64FN9O25P2/c1-16(32(57)45-18(3)37(61)62)44-35(60)21(8-6-7-12-42)47-25(53)10-9-22(38(63)64)48-33(58)17(2)43-34(59)19(4)71-31-27(41)23(14-51)73-39(28(31)46-20(5)52)74-77(68,69)75-76(66,67)70-15-24-29(55)30(56)36(72-24)50-13-11-26(54)49-40(50)65/h11,13,16-19,21-24,27-31,36,39,51,55-56H,6-10,12,14-15,42H2,1-5H3,(H,43,59)(H,44,60)(H,45,57)(H,46,52)(H,47,53)(H,48,58)(H,61,62)(H,63,64)(H,66,67)(H,68,69)(H,49,54,65)/t16-,17+,18-,19-,21+,22-,23-,24-,27-,28-,29-,30-,31+,36-,39-/m1/s1. The van der Waals surface area contributed by atoms with Crippen LogP contribution in [0.1, 0.15) is 73.0 Å². The molecular formula is C40H64FN9O25P2. The van der Waals surface area contributed by atoms with Crippen LogP contribution in [0.5, 0.6) is 0 Å². The van der Waals surface area contributed by atoms with Crippen LogP contribution >= 0.6 is 15.6 Å². The summed E-state index contributed by atoms with van der Waals surface area (Å²) in [6, 6.07) is -8.33. The van der Waals surface area contributed by atoms with Gasteiger partial charge >= 0.3 is 33.3 Å². The maximum Gasteiger partial charge on any atom is 0.483 e. The molecule has 3 rings (SSSR count). The smallest absolute Gasteiger partial charge is 0.480 e. The number of aliphatic carboxylic acids is 2. The van der Waals surface area contributed by atoms with Crippen LogP contribution in [0.25, 0.3) is 0 Å².